The number of fused-ring (bicyclic) bond motifs is 1. The molecule has 2 aliphatic heterocycles. The summed E-state index contributed by atoms with van der Waals surface area (Å²) in [5.74, 6) is -1.02. The Morgan fingerprint density at radius 2 is 1.68 bits per heavy atom. The van der Waals surface area contributed by atoms with Crippen molar-refractivity contribution in [1.82, 2.24) is 15.1 Å². The maximum Gasteiger partial charge on any atom is 0.334 e. The van der Waals surface area contributed by atoms with Gasteiger partial charge in [-0.3, -0.25) is 14.4 Å². The van der Waals surface area contributed by atoms with Gasteiger partial charge in [0.1, 0.15) is 22.8 Å². The van der Waals surface area contributed by atoms with Gasteiger partial charge in [-0.05, 0) is 71.6 Å². The fourth-order valence-electron chi connectivity index (χ4n) is 4.53. The Morgan fingerprint density at radius 3 is 2.19 bits per heavy atom. The van der Waals surface area contributed by atoms with Gasteiger partial charge in [0.15, 0.2) is 6.04 Å². The molecular formula is C27H37N3O6S. The van der Waals surface area contributed by atoms with Crippen LogP contribution in [-0.2, 0) is 30.3 Å². The lowest BCUT2D eigenvalue weighted by Gasteiger charge is -2.52. The fourth-order valence-corrected chi connectivity index (χ4v) is 5.74. The van der Waals surface area contributed by atoms with Crippen LogP contribution in [-0.4, -0.2) is 75.7 Å². The molecule has 10 heteroatoms. The van der Waals surface area contributed by atoms with Crippen molar-refractivity contribution in [2.24, 2.45) is 0 Å². The Labute approximate surface area is 222 Å². The molecule has 1 N–H and O–H groups in total. The van der Waals surface area contributed by atoms with Crippen LogP contribution in [0, 0.1) is 0 Å². The van der Waals surface area contributed by atoms with Crippen molar-refractivity contribution < 1.29 is 28.7 Å². The first-order valence-corrected chi connectivity index (χ1v) is 13.3. The number of benzene rings is 1. The lowest BCUT2D eigenvalue weighted by Crippen LogP contribution is -2.74. The Bertz CT molecular complexity index is 1070. The predicted octanol–water partition coefficient (Wildman–Crippen LogP) is 2.88. The summed E-state index contributed by atoms with van der Waals surface area (Å²) in [6.45, 7) is 12.8. The number of nitrogens with zero attached hydrogens (tertiary/aromatic N) is 2. The highest BCUT2D eigenvalue weighted by molar-refractivity contribution is 8.03. The van der Waals surface area contributed by atoms with Crippen LogP contribution >= 0.6 is 11.8 Å². The molecule has 1 saturated heterocycles. The van der Waals surface area contributed by atoms with E-state index in [1.54, 1.807) is 62.5 Å². The summed E-state index contributed by atoms with van der Waals surface area (Å²) >= 11 is 1.25. The van der Waals surface area contributed by atoms with Crippen molar-refractivity contribution in [1.29, 1.82) is 0 Å². The van der Waals surface area contributed by atoms with E-state index in [0.29, 0.717) is 5.75 Å². The first kappa shape index (κ1) is 28.6. The van der Waals surface area contributed by atoms with Crippen molar-refractivity contribution in [2.75, 3.05) is 7.11 Å². The number of amides is 3. The molecule has 3 atom stereocenters. The number of thioether (sulfide) groups is 1. The van der Waals surface area contributed by atoms with Gasteiger partial charge in [-0.1, -0.05) is 12.1 Å². The van der Waals surface area contributed by atoms with Crippen LogP contribution in [0.15, 0.2) is 35.2 Å². The molecule has 1 fully saturated rings. The molecule has 0 bridgehead atoms. The van der Waals surface area contributed by atoms with Gasteiger partial charge in [-0.25, -0.2) is 4.79 Å². The average molecular weight is 532 g/mol. The standard InChI is InChI=1S/C27H37N3O6S/c1-15(2)29(16(3)4)23(32)19-14-37-25-21(24(33)30(25)22(19)26(34)36-27(5,6)7)28-20(31)13-17-9-11-18(35-8)12-10-17/h9-12,14-16,21-22,25H,13H2,1-8H3,(H,28,31)/t21?,22?,25-/m1/s1. The Balaban J connectivity index is 1.82. The minimum Gasteiger partial charge on any atom is -0.497 e. The Hall–Kier alpha value is -3.01. The summed E-state index contributed by atoms with van der Waals surface area (Å²) in [4.78, 5) is 55.9. The zero-order chi connectivity index (χ0) is 27.7. The molecule has 0 spiro atoms. The minimum absolute atomic E-state index is 0.0952. The molecule has 2 aliphatic rings. The highest BCUT2D eigenvalue weighted by atomic mass is 32.2. The zero-order valence-electron chi connectivity index (χ0n) is 22.7. The van der Waals surface area contributed by atoms with E-state index in [0.717, 1.165) is 5.56 Å². The van der Waals surface area contributed by atoms with Gasteiger partial charge in [-0.2, -0.15) is 0 Å². The topological polar surface area (TPSA) is 105 Å². The zero-order valence-corrected chi connectivity index (χ0v) is 23.5. The van der Waals surface area contributed by atoms with E-state index in [-0.39, 0.29) is 35.9 Å². The summed E-state index contributed by atoms with van der Waals surface area (Å²) in [6.07, 6.45) is 0.0952. The number of β-lactam (4-membered cyclic amide) rings is 1. The molecule has 3 rings (SSSR count). The molecule has 202 valence electrons. The van der Waals surface area contributed by atoms with Gasteiger partial charge in [0, 0.05) is 12.1 Å². The van der Waals surface area contributed by atoms with Gasteiger partial charge in [0.05, 0.1) is 19.1 Å². The molecule has 0 saturated carbocycles. The lowest BCUT2D eigenvalue weighted by atomic mass is 9.96. The van der Waals surface area contributed by atoms with Crippen LogP contribution in [0.25, 0.3) is 0 Å². The van der Waals surface area contributed by atoms with Gasteiger partial charge in [0.2, 0.25) is 11.8 Å². The van der Waals surface area contributed by atoms with Crippen molar-refractivity contribution >= 4 is 35.5 Å². The minimum atomic E-state index is -1.18. The van der Waals surface area contributed by atoms with Gasteiger partial charge in [-0.15, -0.1) is 11.8 Å². The molecular weight excluding hydrogens is 494 g/mol. The number of hydrogen-bond acceptors (Lipinski definition) is 7. The largest absolute Gasteiger partial charge is 0.497 e. The second-order valence-electron chi connectivity index (χ2n) is 10.8. The van der Waals surface area contributed by atoms with Crippen LogP contribution < -0.4 is 10.1 Å². The normalized spacial score (nSPS) is 21.1. The van der Waals surface area contributed by atoms with Gasteiger partial charge < -0.3 is 24.6 Å². The third-order valence-corrected chi connectivity index (χ3v) is 7.22. The van der Waals surface area contributed by atoms with Gasteiger partial charge in [0.25, 0.3) is 5.91 Å². The average Bonchev–Trinajstić information content (AvgIpc) is 2.80. The maximum atomic E-state index is 13.6. The first-order chi connectivity index (χ1) is 17.2. The number of carbonyl (C=O) groups is 4. The molecule has 9 nitrogen and oxygen atoms in total. The third-order valence-electron chi connectivity index (χ3n) is 6.05. The molecule has 0 radical (unpaired) electrons. The second kappa shape index (κ2) is 11.2. The molecule has 37 heavy (non-hydrogen) atoms. The van der Waals surface area contributed by atoms with E-state index in [1.165, 1.54) is 16.7 Å². The smallest absolute Gasteiger partial charge is 0.334 e. The summed E-state index contributed by atoms with van der Waals surface area (Å²) in [5.41, 5.74) is 0.176. The highest BCUT2D eigenvalue weighted by Crippen LogP contribution is 2.41. The van der Waals surface area contributed by atoms with Crippen LogP contribution in [0.3, 0.4) is 0 Å². The predicted molar refractivity (Wildman–Crippen MR) is 142 cm³/mol. The summed E-state index contributed by atoms with van der Waals surface area (Å²) in [5, 5.41) is 3.92. The molecule has 0 aliphatic carbocycles. The SMILES string of the molecule is COc1ccc(CC(=O)NC2C(=O)N3C(C(=O)OC(C)(C)C)C(C(=O)N(C(C)C)C(C)C)=CS[C@H]23)cc1. The monoisotopic (exact) mass is 531 g/mol. The third kappa shape index (κ3) is 6.29. The Morgan fingerprint density at radius 1 is 1.08 bits per heavy atom. The second-order valence-corrected chi connectivity index (χ2v) is 11.7. The van der Waals surface area contributed by atoms with E-state index >= 15 is 0 Å². The van der Waals surface area contributed by atoms with E-state index in [9.17, 15) is 19.2 Å². The molecule has 0 aromatic heterocycles. The number of nitrogens with one attached hydrogen (secondary N) is 1. The quantitative estimate of drug-likeness (QED) is 0.406. The molecule has 2 unspecified atom stereocenters. The van der Waals surface area contributed by atoms with E-state index in [4.69, 9.17) is 9.47 Å². The number of esters is 1. The first-order valence-electron chi connectivity index (χ1n) is 12.4. The Kier molecular flexibility index (Phi) is 8.62. The van der Waals surface area contributed by atoms with Crippen LogP contribution in [0.5, 0.6) is 5.75 Å². The van der Waals surface area contributed by atoms with Crippen molar-refractivity contribution in [3.63, 3.8) is 0 Å². The summed E-state index contributed by atoms with van der Waals surface area (Å²) in [6, 6.07) is 4.92. The summed E-state index contributed by atoms with van der Waals surface area (Å²) < 4.78 is 10.8. The van der Waals surface area contributed by atoms with E-state index in [1.807, 2.05) is 27.7 Å². The molecule has 2 heterocycles. The highest BCUT2D eigenvalue weighted by Gasteiger charge is 2.57. The number of methoxy groups -OCH3 is 1. The number of hydrogen-bond donors (Lipinski definition) is 1. The van der Waals surface area contributed by atoms with Crippen LogP contribution in [0.4, 0.5) is 0 Å². The van der Waals surface area contributed by atoms with E-state index < -0.39 is 34.9 Å². The van der Waals surface area contributed by atoms with Crippen LogP contribution in [0.2, 0.25) is 0 Å². The summed E-state index contributed by atoms with van der Waals surface area (Å²) in [7, 11) is 1.57. The van der Waals surface area contributed by atoms with Crippen molar-refractivity contribution in [3.05, 3.63) is 40.8 Å². The van der Waals surface area contributed by atoms with Crippen LogP contribution in [0.1, 0.15) is 54.0 Å². The number of ether oxygens (including phenoxy) is 2. The van der Waals surface area contributed by atoms with Crippen molar-refractivity contribution in [2.45, 2.75) is 90.0 Å². The van der Waals surface area contributed by atoms with Crippen molar-refractivity contribution in [3.8, 4) is 5.75 Å². The number of rotatable bonds is 8. The number of carbonyl (C=O) groups excluding carboxylic acids is 4. The fraction of sp³-hybridized carbons (Fsp3) is 0.556. The van der Waals surface area contributed by atoms with E-state index in [2.05, 4.69) is 5.32 Å². The molecule has 1 aromatic rings. The maximum absolute atomic E-state index is 13.6. The molecule has 1 aromatic carbocycles. The lowest BCUT2D eigenvalue weighted by molar-refractivity contribution is -0.171. The van der Waals surface area contributed by atoms with Gasteiger partial charge >= 0.3 is 5.97 Å². The molecule has 3 amide bonds.